The molecule has 1 aromatic heterocycles. The fourth-order valence-corrected chi connectivity index (χ4v) is 4.08. The molecule has 1 aromatic carbocycles. The van der Waals surface area contributed by atoms with Gasteiger partial charge in [0.2, 0.25) is 5.78 Å². The van der Waals surface area contributed by atoms with Crippen LogP contribution in [0.1, 0.15) is 40.2 Å². The molecule has 0 atom stereocenters. The molecule has 0 bridgehead atoms. The first-order chi connectivity index (χ1) is 12.0. The van der Waals surface area contributed by atoms with Gasteiger partial charge in [-0.05, 0) is 30.4 Å². The Hall–Kier alpha value is -2.11. The molecule has 5 heteroatoms. The molecule has 2 aliphatic rings. The highest BCUT2D eigenvalue weighted by Gasteiger charge is 2.33. The maximum atomic E-state index is 12.8. The number of carbonyl (C=O) groups is 1. The van der Waals surface area contributed by atoms with Gasteiger partial charge in [0.05, 0.1) is 5.56 Å². The second-order valence-corrected chi connectivity index (χ2v) is 7.98. The Bertz CT molecular complexity index is 852. The van der Waals surface area contributed by atoms with Gasteiger partial charge in [-0.25, -0.2) is 0 Å². The van der Waals surface area contributed by atoms with Crippen molar-refractivity contribution in [2.75, 3.05) is 13.3 Å². The molecule has 2 aliphatic heterocycles. The van der Waals surface area contributed by atoms with Crippen molar-refractivity contribution in [3.05, 3.63) is 50.9 Å². The fraction of sp³-hybridized carbons (Fsp3) is 0.350. The molecule has 0 fully saturated rings. The van der Waals surface area contributed by atoms with Crippen molar-refractivity contribution in [3.63, 3.8) is 0 Å². The van der Waals surface area contributed by atoms with Crippen LogP contribution in [0.5, 0.6) is 11.5 Å². The maximum absolute atomic E-state index is 12.8. The summed E-state index contributed by atoms with van der Waals surface area (Å²) < 4.78 is 11.9. The van der Waals surface area contributed by atoms with Gasteiger partial charge >= 0.3 is 0 Å². The summed E-state index contributed by atoms with van der Waals surface area (Å²) in [6, 6.07) is 5.88. The zero-order chi connectivity index (χ0) is 17.6. The number of carbonyl (C=O) groups excluding carboxylic acids is 1. The van der Waals surface area contributed by atoms with E-state index in [1.54, 1.807) is 11.3 Å². The number of ketones is 1. The van der Waals surface area contributed by atoms with Crippen LogP contribution in [0.25, 0.3) is 6.08 Å². The Morgan fingerprint density at radius 2 is 2.20 bits per heavy atom. The zero-order valence-corrected chi connectivity index (χ0v) is 15.5. The predicted molar refractivity (Wildman–Crippen MR) is 99.2 cm³/mol. The van der Waals surface area contributed by atoms with Crippen molar-refractivity contribution in [1.82, 2.24) is 4.90 Å². The Morgan fingerprint density at radius 3 is 2.92 bits per heavy atom. The van der Waals surface area contributed by atoms with Gasteiger partial charge in [0.1, 0.15) is 18.2 Å². The van der Waals surface area contributed by atoms with Crippen molar-refractivity contribution >= 4 is 23.2 Å². The first-order valence-electron chi connectivity index (χ1n) is 8.52. The van der Waals surface area contributed by atoms with Gasteiger partial charge in [-0.3, -0.25) is 9.69 Å². The zero-order valence-electron chi connectivity index (χ0n) is 14.7. The minimum absolute atomic E-state index is 0.0460. The summed E-state index contributed by atoms with van der Waals surface area (Å²) >= 11 is 1.59. The number of hydrogen-bond donors (Lipinski definition) is 0. The first kappa shape index (κ1) is 16.4. The second-order valence-electron chi connectivity index (χ2n) is 7.00. The van der Waals surface area contributed by atoms with Crippen LogP contribution < -0.4 is 9.47 Å². The molecule has 2 aromatic rings. The lowest BCUT2D eigenvalue weighted by atomic mass is 10.00. The van der Waals surface area contributed by atoms with Gasteiger partial charge in [0.25, 0.3) is 0 Å². The molecule has 0 spiro atoms. The summed E-state index contributed by atoms with van der Waals surface area (Å²) in [4.78, 5) is 16.1. The van der Waals surface area contributed by atoms with Crippen molar-refractivity contribution < 1.29 is 14.3 Å². The molecule has 3 heterocycles. The third kappa shape index (κ3) is 2.98. The van der Waals surface area contributed by atoms with Gasteiger partial charge < -0.3 is 9.47 Å². The van der Waals surface area contributed by atoms with E-state index in [-0.39, 0.29) is 5.78 Å². The van der Waals surface area contributed by atoms with E-state index in [0.717, 1.165) is 34.8 Å². The smallest absolute Gasteiger partial charge is 0.232 e. The molecule has 0 amide bonds. The molecule has 0 saturated carbocycles. The fourth-order valence-electron chi connectivity index (χ4n) is 3.43. The van der Waals surface area contributed by atoms with E-state index >= 15 is 0 Å². The van der Waals surface area contributed by atoms with Gasteiger partial charge in [-0.2, -0.15) is 0 Å². The van der Waals surface area contributed by atoms with Crippen LogP contribution in [-0.2, 0) is 6.54 Å². The highest BCUT2D eigenvalue weighted by atomic mass is 32.1. The van der Waals surface area contributed by atoms with Crippen molar-refractivity contribution in [2.24, 2.45) is 5.92 Å². The number of rotatable bonds is 3. The number of Topliss-reactive ketones (excluding diaryl/α,β-unsaturated/α-hetero) is 1. The Morgan fingerprint density at radius 1 is 1.36 bits per heavy atom. The first-order valence-corrected chi connectivity index (χ1v) is 9.40. The summed E-state index contributed by atoms with van der Waals surface area (Å²) in [6.45, 7) is 8.72. The van der Waals surface area contributed by atoms with Crippen molar-refractivity contribution in [2.45, 2.75) is 27.3 Å². The second kappa shape index (κ2) is 6.32. The molecule has 4 nitrogen and oxygen atoms in total. The van der Waals surface area contributed by atoms with Crippen molar-refractivity contribution in [1.29, 1.82) is 0 Å². The predicted octanol–water partition coefficient (Wildman–Crippen LogP) is 4.48. The highest BCUT2D eigenvalue weighted by molar-refractivity contribution is 7.10. The quantitative estimate of drug-likeness (QED) is 0.761. The number of ether oxygens (including phenoxy) is 2. The van der Waals surface area contributed by atoms with Gasteiger partial charge in [-0.1, -0.05) is 19.9 Å². The number of nitrogens with zero attached hydrogens (tertiary/aromatic N) is 1. The molecule has 0 unspecified atom stereocenters. The van der Waals surface area contributed by atoms with Crippen molar-refractivity contribution in [3.8, 4) is 11.5 Å². The summed E-state index contributed by atoms with van der Waals surface area (Å²) in [5.74, 6) is 2.43. The lowest BCUT2D eigenvalue weighted by molar-refractivity contribution is 0.0835. The van der Waals surface area contributed by atoms with Gasteiger partial charge in [0, 0.05) is 35.2 Å². The topological polar surface area (TPSA) is 38.8 Å². The molecule has 25 heavy (non-hydrogen) atoms. The maximum Gasteiger partial charge on any atom is 0.232 e. The lowest BCUT2D eigenvalue weighted by Gasteiger charge is -2.31. The Labute approximate surface area is 151 Å². The average Bonchev–Trinajstić information content (AvgIpc) is 3.17. The number of benzene rings is 1. The summed E-state index contributed by atoms with van der Waals surface area (Å²) in [5.41, 5.74) is 2.63. The molecule has 4 rings (SSSR count). The largest absolute Gasteiger partial charge is 0.477 e. The summed E-state index contributed by atoms with van der Waals surface area (Å²) in [7, 11) is 0. The van der Waals surface area contributed by atoms with E-state index < -0.39 is 0 Å². The van der Waals surface area contributed by atoms with E-state index in [0.29, 0.717) is 29.7 Å². The Balaban J connectivity index is 1.68. The minimum Gasteiger partial charge on any atom is -0.477 e. The molecule has 130 valence electrons. The van der Waals surface area contributed by atoms with Crippen LogP contribution in [-0.4, -0.2) is 24.0 Å². The third-order valence-corrected chi connectivity index (χ3v) is 5.26. The van der Waals surface area contributed by atoms with Gasteiger partial charge in [0.15, 0.2) is 5.76 Å². The summed E-state index contributed by atoms with van der Waals surface area (Å²) in [5, 5.41) is 1.99. The standard InChI is InChI=1S/C20H21NO3S/c1-12(2)9-21-10-14-7-16-18(22)17(8-15-5-4-6-25-15)24-20(16)13(3)19(14)23-11-21/h4-8,12H,9-11H2,1-3H3/b17-8-. The highest BCUT2D eigenvalue weighted by Crippen LogP contribution is 2.43. The number of fused-ring (bicyclic) bond motifs is 2. The summed E-state index contributed by atoms with van der Waals surface area (Å²) in [6.07, 6.45) is 1.82. The van der Waals surface area contributed by atoms with E-state index in [4.69, 9.17) is 9.47 Å². The minimum atomic E-state index is -0.0460. The molecular formula is C20H21NO3S. The molecule has 0 N–H and O–H groups in total. The van der Waals surface area contributed by atoms with E-state index in [9.17, 15) is 4.79 Å². The normalized spacial score (nSPS) is 18.2. The van der Waals surface area contributed by atoms with Crippen LogP contribution in [0.4, 0.5) is 0 Å². The number of allylic oxidation sites excluding steroid dienone is 1. The number of hydrogen-bond acceptors (Lipinski definition) is 5. The van der Waals surface area contributed by atoms with Crippen LogP contribution >= 0.6 is 11.3 Å². The van der Waals surface area contributed by atoms with E-state index in [1.807, 2.05) is 36.6 Å². The third-order valence-electron chi connectivity index (χ3n) is 4.44. The van der Waals surface area contributed by atoms with E-state index in [2.05, 4.69) is 18.7 Å². The van der Waals surface area contributed by atoms with Crippen LogP contribution in [0.3, 0.4) is 0 Å². The number of thiophene rings is 1. The van der Waals surface area contributed by atoms with E-state index in [1.165, 1.54) is 0 Å². The lowest BCUT2D eigenvalue weighted by Crippen LogP contribution is -2.35. The monoisotopic (exact) mass is 355 g/mol. The molecule has 0 aliphatic carbocycles. The Kier molecular flexibility index (Phi) is 4.13. The SMILES string of the molecule is Cc1c2c(cc3c1O/C(=C\c1cccs1)C3=O)CN(CC(C)C)CO2. The molecular weight excluding hydrogens is 334 g/mol. The van der Waals surface area contributed by atoms with Crippen LogP contribution in [0.15, 0.2) is 29.3 Å². The average molecular weight is 355 g/mol. The van der Waals surface area contributed by atoms with Crippen LogP contribution in [0.2, 0.25) is 0 Å². The molecule has 0 radical (unpaired) electrons. The van der Waals surface area contributed by atoms with Gasteiger partial charge in [-0.15, -0.1) is 11.3 Å². The molecule has 0 saturated heterocycles. The van der Waals surface area contributed by atoms with Crippen LogP contribution in [0, 0.1) is 12.8 Å².